The molecule has 0 aromatic carbocycles. The second kappa shape index (κ2) is 5.65. The first-order chi connectivity index (χ1) is 9.58. The fraction of sp³-hybridized carbons (Fsp3) is 0.100. The van der Waals surface area contributed by atoms with Gasteiger partial charge >= 0.3 is 23.6 Å². The van der Waals surface area contributed by atoms with Gasteiger partial charge in [0.15, 0.2) is 6.61 Å². The van der Waals surface area contributed by atoms with Gasteiger partial charge in [-0.25, -0.2) is 9.59 Å². The van der Waals surface area contributed by atoms with Crippen molar-refractivity contribution in [1.29, 1.82) is 0 Å². The molecule has 0 saturated carbocycles. The normalized spacial score (nSPS) is 10.0. The second-order valence-electron chi connectivity index (χ2n) is 3.42. The highest BCUT2D eigenvalue weighted by molar-refractivity contribution is 5.88. The molecule has 10 nitrogen and oxygen atoms in total. The maximum Gasteiger partial charge on any atom is 0.412 e. The fourth-order valence-corrected chi connectivity index (χ4v) is 1.25. The third kappa shape index (κ3) is 2.98. The van der Waals surface area contributed by atoms with Crippen LogP contribution in [-0.4, -0.2) is 22.2 Å². The van der Waals surface area contributed by atoms with Crippen LogP contribution < -0.4 is 15.4 Å². The van der Waals surface area contributed by atoms with Gasteiger partial charge in [0.05, 0.1) is 5.56 Å². The molecule has 0 aliphatic rings. The van der Waals surface area contributed by atoms with Crippen molar-refractivity contribution in [2.75, 3.05) is 0 Å². The summed E-state index contributed by atoms with van der Waals surface area (Å²) in [5.41, 5.74) is 4.80. The number of hydrogen-bond acceptors (Lipinski definition) is 8. The maximum atomic E-state index is 11.6. The van der Waals surface area contributed by atoms with E-state index in [1.807, 2.05) is 0 Å². The Morgan fingerprint density at radius 1 is 1.50 bits per heavy atom. The Morgan fingerprint density at radius 3 is 2.95 bits per heavy atom. The minimum absolute atomic E-state index is 0.169. The number of esters is 1. The third-order valence-corrected chi connectivity index (χ3v) is 2.07. The number of aromatic nitrogens is 3. The zero-order chi connectivity index (χ0) is 14.5. The summed E-state index contributed by atoms with van der Waals surface area (Å²) in [6.07, 6.45) is 1.57. The molecular formula is C10H8N4O6. The van der Waals surface area contributed by atoms with Crippen molar-refractivity contribution in [1.82, 2.24) is 10.1 Å². The van der Waals surface area contributed by atoms with Crippen LogP contribution in [0.15, 0.2) is 29.2 Å². The van der Waals surface area contributed by atoms with E-state index in [2.05, 4.69) is 19.5 Å². The summed E-state index contributed by atoms with van der Waals surface area (Å²) in [4.78, 5) is 25.8. The van der Waals surface area contributed by atoms with Gasteiger partial charge in [0.1, 0.15) is 0 Å². The van der Waals surface area contributed by atoms with E-state index in [9.17, 15) is 14.8 Å². The number of rotatable bonds is 4. The predicted molar refractivity (Wildman–Crippen MR) is 59.0 cm³/mol. The quantitative estimate of drug-likeness (QED) is 0.583. The molecule has 0 aliphatic heterocycles. The fourth-order valence-electron chi connectivity index (χ4n) is 1.25. The molecule has 0 saturated heterocycles. The van der Waals surface area contributed by atoms with E-state index in [4.69, 9.17) is 10.5 Å². The number of hydrogen-bond donors (Lipinski definition) is 1. The highest BCUT2D eigenvalue weighted by Gasteiger charge is 2.24. The van der Waals surface area contributed by atoms with E-state index in [0.29, 0.717) is 0 Å². The number of carbonyl (C=O) groups excluding carboxylic acids is 2. The first-order valence-electron chi connectivity index (χ1n) is 5.21. The van der Waals surface area contributed by atoms with Crippen molar-refractivity contribution >= 4 is 12.1 Å². The molecule has 0 bridgehead atoms. The highest BCUT2D eigenvalue weighted by atomic mass is 16.8. The molecular weight excluding hydrogens is 272 g/mol. The first kappa shape index (κ1) is 13.3. The molecule has 0 atom stereocenters. The van der Waals surface area contributed by atoms with Crippen LogP contribution in [0.1, 0.15) is 16.1 Å². The molecule has 2 aromatic heterocycles. The lowest BCUT2D eigenvalue weighted by molar-refractivity contribution is -0.804. The van der Waals surface area contributed by atoms with Crippen molar-refractivity contribution in [3.05, 3.63) is 41.0 Å². The van der Waals surface area contributed by atoms with Crippen LogP contribution in [0.4, 0.5) is 4.79 Å². The zero-order valence-electron chi connectivity index (χ0n) is 9.88. The van der Waals surface area contributed by atoms with E-state index >= 15 is 0 Å². The molecule has 1 amide bonds. The summed E-state index contributed by atoms with van der Waals surface area (Å²) in [6.45, 7) is -0.435. The van der Waals surface area contributed by atoms with Crippen molar-refractivity contribution in [3.8, 4) is 5.88 Å². The smallest absolute Gasteiger partial charge is 0.412 e. The zero-order valence-corrected chi connectivity index (χ0v) is 9.88. The lowest BCUT2D eigenvalue weighted by atomic mass is 10.3. The minimum Gasteiger partial charge on any atom is -0.453 e. The van der Waals surface area contributed by atoms with Crippen LogP contribution in [0.25, 0.3) is 0 Å². The van der Waals surface area contributed by atoms with Crippen molar-refractivity contribution < 1.29 is 28.6 Å². The predicted octanol–water partition coefficient (Wildman–Crippen LogP) is -0.482. The van der Waals surface area contributed by atoms with Gasteiger partial charge in [-0.3, -0.25) is 9.61 Å². The molecule has 0 spiro atoms. The molecule has 0 radical (unpaired) electrons. The molecule has 2 N–H and O–H groups in total. The van der Waals surface area contributed by atoms with Crippen molar-refractivity contribution in [3.63, 3.8) is 0 Å². The number of nitrogens with two attached hydrogens (primary N) is 1. The maximum absolute atomic E-state index is 11.6. The molecule has 2 aromatic rings. The Hall–Kier alpha value is -3.17. The molecule has 2 rings (SSSR count). The second-order valence-corrected chi connectivity index (χ2v) is 3.42. The summed E-state index contributed by atoms with van der Waals surface area (Å²) in [6, 6.07) is 3.05. The van der Waals surface area contributed by atoms with Crippen LogP contribution in [0.2, 0.25) is 0 Å². The first-order valence-corrected chi connectivity index (χ1v) is 5.21. The average Bonchev–Trinajstić information content (AvgIpc) is 2.78. The number of nitrogens with zero attached hydrogens (tertiary/aromatic N) is 3. The van der Waals surface area contributed by atoms with Crippen LogP contribution in [0.5, 0.6) is 5.88 Å². The molecule has 10 heteroatoms. The number of pyridine rings is 1. The summed E-state index contributed by atoms with van der Waals surface area (Å²) < 4.78 is 13.5. The number of amides is 1. The van der Waals surface area contributed by atoms with E-state index in [1.165, 1.54) is 18.5 Å². The Morgan fingerprint density at radius 2 is 2.30 bits per heavy atom. The standard InChI is InChI=1S/C10H8N4O6/c11-10(16)19-8-7(13-20-14(8)17)5-18-9(15)6-2-1-3-12-4-6/h1-4H,5H2,(H2,11,16). The SMILES string of the molecule is NC(=O)Oc1c(COC(=O)c2cccnc2)no[n+]1[O-]. The van der Waals surface area contributed by atoms with Gasteiger partial charge in [-0.05, 0) is 17.0 Å². The number of primary amides is 1. The lowest BCUT2D eigenvalue weighted by Crippen LogP contribution is -2.30. The van der Waals surface area contributed by atoms with Gasteiger partial charge in [0.25, 0.3) is 0 Å². The van der Waals surface area contributed by atoms with Gasteiger partial charge in [0, 0.05) is 17.6 Å². The van der Waals surface area contributed by atoms with E-state index < -0.39 is 24.5 Å². The van der Waals surface area contributed by atoms with Crippen LogP contribution >= 0.6 is 0 Å². The van der Waals surface area contributed by atoms with Gasteiger partial charge < -0.3 is 20.4 Å². The molecule has 2 heterocycles. The summed E-state index contributed by atoms with van der Waals surface area (Å²) in [5.74, 6) is -1.28. The van der Waals surface area contributed by atoms with Crippen LogP contribution in [0, 0.1) is 5.21 Å². The average molecular weight is 280 g/mol. The van der Waals surface area contributed by atoms with Gasteiger partial charge in [0.2, 0.25) is 0 Å². The molecule has 20 heavy (non-hydrogen) atoms. The Bertz CT molecular complexity index is 626. The summed E-state index contributed by atoms with van der Waals surface area (Å²) in [7, 11) is 0. The monoisotopic (exact) mass is 280 g/mol. The largest absolute Gasteiger partial charge is 0.453 e. The molecule has 0 unspecified atom stereocenters. The van der Waals surface area contributed by atoms with Crippen LogP contribution in [-0.2, 0) is 11.3 Å². The van der Waals surface area contributed by atoms with Gasteiger partial charge in [-0.15, -0.1) is 0 Å². The molecule has 0 aliphatic carbocycles. The van der Waals surface area contributed by atoms with Gasteiger partial charge in [-0.2, -0.15) is 0 Å². The Labute approximate surface area is 111 Å². The Balaban J connectivity index is 2.04. The number of carbonyl (C=O) groups is 2. The van der Waals surface area contributed by atoms with Crippen molar-refractivity contribution in [2.24, 2.45) is 5.73 Å². The number of ether oxygens (including phenoxy) is 2. The summed E-state index contributed by atoms with van der Waals surface area (Å²) >= 11 is 0. The van der Waals surface area contributed by atoms with Crippen molar-refractivity contribution in [2.45, 2.75) is 6.61 Å². The molecule has 0 fully saturated rings. The minimum atomic E-state index is -1.22. The van der Waals surface area contributed by atoms with E-state index in [-0.39, 0.29) is 16.2 Å². The van der Waals surface area contributed by atoms with E-state index in [0.717, 1.165) is 0 Å². The lowest BCUT2D eigenvalue weighted by Gasteiger charge is -2.01. The summed E-state index contributed by atoms with van der Waals surface area (Å²) in [5, 5.41) is 14.4. The highest BCUT2D eigenvalue weighted by Crippen LogP contribution is 2.12. The third-order valence-electron chi connectivity index (χ3n) is 2.07. The molecule has 104 valence electrons. The van der Waals surface area contributed by atoms with Gasteiger partial charge in [-0.1, -0.05) is 0 Å². The topological polar surface area (TPSA) is 144 Å². The van der Waals surface area contributed by atoms with Crippen LogP contribution in [0.3, 0.4) is 0 Å². The van der Waals surface area contributed by atoms with E-state index in [1.54, 1.807) is 6.07 Å². The Kier molecular flexibility index (Phi) is 3.75.